The van der Waals surface area contributed by atoms with Crippen LogP contribution in [0.3, 0.4) is 0 Å². The molecule has 0 amide bonds. The van der Waals surface area contributed by atoms with Crippen LogP contribution in [0.15, 0.2) is 11.1 Å². The second-order valence-electron chi connectivity index (χ2n) is 3.42. The number of esters is 1. The second-order valence-corrected chi connectivity index (χ2v) is 3.42. The van der Waals surface area contributed by atoms with Crippen molar-refractivity contribution in [1.29, 1.82) is 0 Å². The molecule has 0 aromatic heterocycles. The van der Waals surface area contributed by atoms with Gasteiger partial charge in [0, 0.05) is 5.57 Å². The van der Waals surface area contributed by atoms with Crippen molar-refractivity contribution >= 4 is 17.9 Å². The number of carbonyl (C=O) groups is 3. The molecule has 0 bridgehead atoms. The van der Waals surface area contributed by atoms with Crippen molar-refractivity contribution in [2.75, 3.05) is 7.11 Å². The van der Waals surface area contributed by atoms with Crippen LogP contribution in [0.2, 0.25) is 0 Å². The Labute approximate surface area is 98.9 Å². The van der Waals surface area contributed by atoms with Crippen LogP contribution in [0.5, 0.6) is 0 Å². The monoisotopic (exact) mass is 244 g/mol. The summed E-state index contributed by atoms with van der Waals surface area (Å²) in [6.07, 6.45) is 0.892. The molecule has 0 rings (SSSR count). The van der Waals surface area contributed by atoms with Crippen molar-refractivity contribution in [3.63, 3.8) is 0 Å². The van der Waals surface area contributed by atoms with Gasteiger partial charge in [0.15, 0.2) is 0 Å². The fourth-order valence-electron chi connectivity index (χ4n) is 1.27. The summed E-state index contributed by atoms with van der Waals surface area (Å²) in [5.41, 5.74) is -0.637. The molecule has 0 radical (unpaired) electrons. The number of ether oxygens (including phenoxy) is 1. The fraction of sp³-hybridized carbons (Fsp3) is 0.545. The van der Waals surface area contributed by atoms with Gasteiger partial charge in [-0.25, -0.2) is 9.59 Å². The van der Waals surface area contributed by atoms with Gasteiger partial charge in [-0.3, -0.25) is 4.79 Å². The van der Waals surface area contributed by atoms with Gasteiger partial charge in [-0.05, 0) is 12.8 Å². The molecule has 0 saturated carbocycles. The minimum absolute atomic E-state index is 0.129. The lowest BCUT2D eigenvalue weighted by Crippen LogP contribution is -2.15. The van der Waals surface area contributed by atoms with Gasteiger partial charge in [0.25, 0.3) is 0 Å². The molecule has 0 aliphatic heterocycles. The van der Waals surface area contributed by atoms with E-state index in [1.54, 1.807) is 0 Å². The quantitative estimate of drug-likeness (QED) is 0.515. The van der Waals surface area contributed by atoms with Gasteiger partial charge in [-0.2, -0.15) is 0 Å². The smallest absolute Gasteiger partial charge is 0.332 e. The van der Waals surface area contributed by atoms with Crippen LogP contribution in [0, 0.1) is 0 Å². The lowest BCUT2D eigenvalue weighted by Gasteiger charge is -2.07. The molecular formula is C11H16O6. The van der Waals surface area contributed by atoms with E-state index in [0.717, 1.165) is 13.5 Å². The van der Waals surface area contributed by atoms with E-state index in [1.807, 2.05) is 6.92 Å². The van der Waals surface area contributed by atoms with Crippen molar-refractivity contribution in [3.05, 3.63) is 11.1 Å². The second kappa shape index (κ2) is 7.43. The molecule has 0 aliphatic carbocycles. The summed E-state index contributed by atoms with van der Waals surface area (Å²) >= 11 is 0. The Bertz CT molecular complexity index is 342. The van der Waals surface area contributed by atoms with Crippen LogP contribution >= 0.6 is 0 Å². The zero-order chi connectivity index (χ0) is 13.4. The molecule has 0 atom stereocenters. The van der Waals surface area contributed by atoms with E-state index in [1.165, 1.54) is 0 Å². The molecule has 0 fully saturated rings. The SMILES string of the molecule is CCCCC(C(=O)O)=C(CC(=O)OC)C(=O)O. The molecule has 0 unspecified atom stereocenters. The minimum Gasteiger partial charge on any atom is -0.478 e. The Morgan fingerprint density at radius 1 is 1.06 bits per heavy atom. The van der Waals surface area contributed by atoms with E-state index >= 15 is 0 Å². The van der Waals surface area contributed by atoms with E-state index in [4.69, 9.17) is 10.2 Å². The summed E-state index contributed by atoms with van der Waals surface area (Å²) in [6, 6.07) is 0. The molecule has 6 nitrogen and oxygen atoms in total. The van der Waals surface area contributed by atoms with E-state index in [-0.39, 0.29) is 12.0 Å². The van der Waals surface area contributed by atoms with Crippen LogP contribution < -0.4 is 0 Å². The van der Waals surface area contributed by atoms with Crippen LogP contribution in [0.25, 0.3) is 0 Å². The van der Waals surface area contributed by atoms with Crippen LogP contribution in [-0.4, -0.2) is 35.2 Å². The minimum atomic E-state index is -1.40. The number of unbranched alkanes of at least 4 members (excludes halogenated alkanes) is 1. The summed E-state index contributed by atoms with van der Waals surface area (Å²) in [4.78, 5) is 32.9. The van der Waals surface area contributed by atoms with Crippen LogP contribution in [0.4, 0.5) is 0 Å². The van der Waals surface area contributed by atoms with Gasteiger partial charge in [-0.1, -0.05) is 13.3 Å². The third-order valence-electron chi connectivity index (χ3n) is 2.21. The highest BCUT2D eigenvalue weighted by Crippen LogP contribution is 2.17. The molecule has 6 heteroatoms. The van der Waals surface area contributed by atoms with Crippen molar-refractivity contribution in [2.24, 2.45) is 0 Å². The number of hydrogen-bond donors (Lipinski definition) is 2. The Morgan fingerprint density at radius 3 is 1.94 bits per heavy atom. The van der Waals surface area contributed by atoms with Crippen LogP contribution in [-0.2, 0) is 19.1 Å². The molecule has 2 N–H and O–H groups in total. The Balaban J connectivity index is 5.19. The maximum atomic E-state index is 11.0. The summed E-state index contributed by atoms with van der Waals surface area (Å²) < 4.78 is 4.34. The Hall–Kier alpha value is -1.85. The van der Waals surface area contributed by atoms with Gasteiger partial charge in [-0.15, -0.1) is 0 Å². The standard InChI is InChI=1S/C11H16O6/c1-3-4-5-7(10(13)14)8(11(15)16)6-9(12)17-2/h3-6H2,1-2H3,(H,13,14)(H,15,16). The summed E-state index contributed by atoms with van der Waals surface area (Å²) in [5.74, 6) is -3.47. The number of carboxylic acids is 2. The zero-order valence-corrected chi connectivity index (χ0v) is 9.86. The maximum Gasteiger partial charge on any atom is 0.332 e. The first-order valence-electron chi connectivity index (χ1n) is 5.19. The summed E-state index contributed by atoms with van der Waals surface area (Å²) in [7, 11) is 1.12. The van der Waals surface area contributed by atoms with Gasteiger partial charge in [0.1, 0.15) is 0 Å². The average molecular weight is 244 g/mol. The number of hydrogen-bond acceptors (Lipinski definition) is 4. The molecule has 0 aliphatic rings. The third kappa shape index (κ3) is 5.14. The fourth-order valence-corrected chi connectivity index (χ4v) is 1.27. The predicted octanol–water partition coefficient (Wildman–Crippen LogP) is 1.21. The normalized spacial score (nSPS) is 11.6. The first-order chi connectivity index (χ1) is 7.93. The zero-order valence-electron chi connectivity index (χ0n) is 9.86. The number of carbonyl (C=O) groups excluding carboxylic acids is 1. The van der Waals surface area contributed by atoms with Crippen molar-refractivity contribution in [3.8, 4) is 0 Å². The van der Waals surface area contributed by atoms with E-state index < -0.39 is 29.9 Å². The molecule has 96 valence electrons. The van der Waals surface area contributed by atoms with Gasteiger partial charge in [0.2, 0.25) is 0 Å². The maximum absolute atomic E-state index is 11.0. The highest BCUT2D eigenvalue weighted by atomic mass is 16.5. The lowest BCUT2D eigenvalue weighted by atomic mass is 10.00. The number of rotatable bonds is 7. The largest absolute Gasteiger partial charge is 0.478 e. The Morgan fingerprint density at radius 2 is 1.59 bits per heavy atom. The Kier molecular flexibility index (Phi) is 6.62. The first kappa shape index (κ1) is 15.2. The highest BCUT2D eigenvalue weighted by Gasteiger charge is 2.22. The molecule has 0 aromatic rings. The lowest BCUT2D eigenvalue weighted by molar-refractivity contribution is -0.142. The summed E-state index contributed by atoms with van der Waals surface area (Å²) in [5, 5.41) is 17.8. The average Bonchev–Trinajstić information content (AvgIpc) is 2.26. The van der Waals surface area contributed by atoms with E-state index in [0.29, 0.717) is 6.42 Å². The van der Waals surface area contributed by atoms with Crippen molar-refractivity contribution in [1.82, 2.24) is 0 Å². The number of aliphatic carboxylic acids is 2. The topological polar surface area (TPSA) is 101 Å². The molecule has 0 aromatic carbocycles. The third-order valence-corrected chi connectivity index (χ3v) is 2.21. The molecular weight excluding hydrogens is 228 g/mol. The van der Waals surface area contributed by atoms with Crippen molar-refractivity contribution in [2.45, 2.75) is 32.6 Å². The molecule has 0 spiro atoms. The van der Waals surface area contributed by atoms with Gasteiger partial charge < -0.3 is 14.9 Å². The van der Waals surface area contributed by atoms with Crippen molar-refractivity contribution < 1.29 is 29.3 Å². The van der Waals surface area contributed by atoms with Gasteiger partial charge >= 0.3 is 17.9 Å². The van der Waals surface area contributed by atoms with E-state index in [2.05, 4.69) is 4.74 Å². The first-order valence-corrected chi connectivity index (χ1v) is 5.19. The molecule has 17 heavy (non-hydrogen) atoms. The molecule has 0 heterocycles. The van der Waals surface area contributed by atoms with Crippen LogP contribution in [0.1, 0.15) is 32.6 Å². The predicted molar refractivity (Wildman–Crippen MR) is 58.5 cm³/mol. The van der Waals surface area contributed by atoms with E-state index in [9.17, 15) is 14.4 Å². The number of carboxylic acid groups (broad SMARTS) is 2. The number of methoxy groups -OCH3 is 1. The highest BCUT2D eigenvalue weighted by molar-refractivity contribution is 6.01. The van der Waals surface area contributed by atoms with Gasteiger partial charge in [0.05, 0.1) is 19.1 Å². The molecule has 0 saturated heterocycles. The summed E-state index contributed by atoms with van der Waals surface area (Å²) in [6.45, 7) is 1.86.